The molecule has 0 radical (unpaired) electrons. The van der Waals surface area contributed by atoms with Gasteiger partial charge in [-0.15, -0.1) is 16.7 Å². The number of hydroxylamine groups is 2. The van der Waals surface area contributed by atoms with Gasteiger partial charge in [-0.1, -0.05) is 6.42 Å². The highest BCUT2D eigenvalue weighted by atomic mass is 35.5. The minimum Gasteiger partial charge on any atom is -0.351 e. The van der Waals surface area contributed by atoms with Gasteiger partial charge in [0.15, 0.2) is 0 Å². The van der Waals surface area contributed by atoms with E-state index in [0.717, 1.165) is 25.8 Å². The molecule has 12 heavy (non-hydrogen) atoms. The number of hydrogen-bond acceptors (Lipinski definition) is 3. The topological polar surface area (TPSA) is 55.6 Å². The lowest BCUT2D eigenvalue weighted by molar-refractivity contribution is -0.136. The number of nitrogens with zero attached hydrogens (tertiary/aromatic N) is 1. The Kier molecular flexibility index (Phi) is 3.62. The van der Waals surface area contributed by atoms with E-state index in [2.05, 4.69) is 0 Å². The van der Waals surface area contributed by atoms with Gasteiger partial charge >= 0.3 is 6.09 Å². The lowest BCUT2D eigenvalue weighted by Gasteiger charge is -2.31. The van der Waals surface area contributed by atoms with Crippen molar-refractivity contribution >= 4 is 17.7 Å². The Morgan fingerprint density at radius 1 is 1.67 bits per heavy atom. The average molecular weight is 193 g/mol. The van der Waals surface area contributed by atoms with Gasteiger partial charge in [-0.25, -0.2) is 4.79 Å². The van der Waals surface area contributed by atoms with Crippen LogP contribution >= 0.6 is 11.6 Å². The zero-order chi connectivity index (χ0) is 8.97. The standard InChI is InChI=1S/C7H13ClN2O2/c8-5-6-3-1-2-4-10(6)12-7(9)11/h6H,1-5H2,(H2,9,11). The van der Waals surface area contributed by atoms with Crippen molar-refractivity contribution in [1.29, 1.82) is 0 Å². The number of rotatable bonds is 2. The summed E-state index contributed by atoms with van der Waals surface area (Å²) in [5.74, 6) is 0.479. The molecular weight excluding hydrogens is 180 g/mol. The van der Waals surface area contributed by atoms with E-state index >= 15 is 0 Å². The van der Waals surface area contributed by atoms with Crippen LogP contribution in [0.25, 0.3) is 0 Å². The predicted molar refractivity (Wildman–Crippen MR) is 45.7 cm³/mol. The number of primary amides is 1. The predicted octanol–water partition coefficient (Wildman–Crippen LogP) is 1.09. The molecule has 1 amide bonds. The fraction of sp³-hybridized carbons (Fsp3) is 0.857. The van der Waals surface area contributed by atoms with Gasteiger partial charge in [0.2, 0.25) is 0 Å². The number of alkyl halides is 1. The molecule has 1 aliphatic rings. The molecule has 0 aromatic rings. The summed E-state index contributed by atoms with van der Waals surface area (Å²) in [6.45, 7) is 0.736. The maximum atomic E-state index is 10.4. The van der Waals surface area contributed by atoms with Gasteiger partial charge in [-0.2, -0.15) is 0 Å². The number of amides is 1. The molecule has 1 rings (SSSR count). The Hall–Kier alpha value is -0.480. The monoisotopic (exact) mass is 192 g/mol. The Bertz CT molecular complexity index is 165. The van der Waals surface area contributed by atoms with Crippen molar-refractivity contribution in [2.75, 3.05) is 12.4 Å². The van der Waals surface area contributed by atoms with Gasteiger partial charge in [-0.05, 0) is 12.8 Å². The molecule has 1 unspecified atom stereocenters. The summed E-state index contributed by atoms with van der Waals surface area (Å²) < 4.78 is 0. The molecule has 5 heteroatoms. The maximum absolute atomic E-state index is 10.4. The Labute approximate surface area is 76.6 Å². The molecule has 0 aliphatic carbocycles. The minimum atomic E-state index is -0.757. The van der Waals surface area contributed by atoms with Gasteiger partial charge in [0.1, 0.15) is 0 Å². The molecule has 0 aromatic heterocycles. The van der Waals surface area contributed by atoms with Gasteiger partial charge in [0.25, 0.3) is 0 Å². The second-order valence-corrected chi connectivity index (χ2v) is 3.16. The summed E-state index contributed by atoms with van der Waals surface area (Å²) in [5, 5.41) is 1.58. The van der Waals surface area contributed by atoms with Crippen LogP contribution in [-0.2, 0) is 4.84 Å². The molecule has 1 fully saturated rings. The molecule has 1 heterocycles. The van der Waals surface area contributed by atoms with Crippen LogP contribution in [-0.4, -0.2) is 29.6 Å². The number of nitrogens with two attached hydrogens (primary N) is 1. The van der Waals surface area contributed by atoms with Crippen molar-refractivity contribution < 1.29 is 9.63 Å². The van der Waals surface area contributed by atoms with Crippen molar-refractivity contribution in [2.45, 2.75) is 25.3 Å². The summed E-state index contributed by atoms with van der Waals surface area (Å²) in [6.07, 6.45) is 2.38. The smallest absolute Gasteiger partial charge is 0.351 e. The van der Waals surface area contributed by atoms with E-state index in [1.54, 1.807) is 5.06 Å². The molecule has 0 saturated carbocycles. The van der Waals surface area contributed by atoms with Crippen LogP contribution in [0.4, 0.5) is 4.79 Å². The first kappa shape index (κ1) is 9.61. The lowest BCUT2D eigenvalue weighted by Crippen LogP contribution is -2.43. The number of carbonyl (C=O) groups excluding carboxylic acids is 1. The molecule has 0 spiro atoms. The Morgan fingerprint density at radius 2 is 2.42 bits per heavy atom. The van der Waals surface area contributed by atoms with Crippen LogP contribution < -0.4 is 5.73 Å². The number of piperidine rings is 1. The molecule has 4 nitrogen and oxygen atoms in total. The minimum absolute atomic E-state index is 0.132. The first-order valence-electron chi connectivity index (χ1n) is 4.04. The highest BCUT2D eigenvalue weighted by Crippen LogP contribution is 2.17. The molecule has 0 aromatic carbocycles. The molecule has 1 atom stereocenters. The summed E-state index contributed by atoms with van der Waals surface area (Å²) >= 11 is 5.68. The van der Waals surface area contributed by atoms with E-state index in [0.29, 0.717) is 5.88 Å². The first-order chi connectivity index (χ1) is 5.74. The van der Waals surface area contributed by atoms with Crippen LogP contribution in [0.1, 0.15) is 19.3 Å². The Balaban J connectivity index is 2.41. The second-order valence-electron chi connectivity index (χ2n) is 2.85. The van der Waals surface area contributed by atoms with Gasteiger partial charge in [0, 0.05) is 12.4 Å². The van der Waals surface area contributed by atoms with E-state index in [1.165, 1.54) is 0 Å². The van der Waals surface area contributed by atoms with Crippen molar-refractivity contribution in [1.82, 2.24) is 5.06 Å². The normalized spacial score (nSPS) is 25.2. The van der Waals surface area contributed by atoms with Gasteiger partial charge < -0.3 is 10.6 Å². The van der Waals surface area contributed by atoms with Crippen molar-refractivity contribution in [2.24, 2.45) is 5.73 Å². The van der Waals surface area contributed by atoms with Crippen LogP contribution in [0.3, 0.4) is 0 Å². The van der Waals surface area contributed by atoms with Crippen LogP contribution in [0, 0.1) is 0 Å². The van der Waals surface area contributed by atoms with Crippen LogP contribution in [0.15, 0.2) is 0 Å². The van der Waals surface area contributed by atoms with E-state index in [9.17, 15) is 4.79 Å². The SMILES string of the molecule is NC(=O)ON1CCCCC1CCl. The summed E-state index contributed by atoms with van der Waals surface area (Å²) in [7, 11) is 0. The second kappa shape index (κ2) is 4.52. The van der Waals surface area contributed by atoms with Gasteiger partial charge in [0.05, 0.1) is 6.04 Å². The van der Waals surface area contributed by atoms with E-state index in [4.69, 9.17) is 22.2 Å². The van der Waals surface area contributed by atoms with Crippen molar-refractivity contribution in [3.05, 3.63) is 0 Å². The summed E-state index contributed by atoms with van der Waals surface area (Å²) in [4.78, 5) is 15.2. The third-order valence-corrected chi connectivity index (χ3v) is 2.31. The molecule has 70 valence electrons. The summed E-state index contributed by atoms with van der Waals surface area (Å²) in [5.41, 5.74) is 4.89. The van der Waals surface area contributed by atoms with E-state index < -0.39 is 6.09 Å². The van der Waals surface area contributed by atoms with Crippen molar-refractivity contribution in [3.8, 4) is 0 Å². The average Bonchev–Trinajstić information content (AvgIpc) is 2.04. The molecule has 1 saturated heterocycles. The number of carbonyl (C=O) groups is 1. The first-order valence-corrected chi connectivity index (χ1v) is 4.57. The summed E-state index contributed by atoms with van der Waals surface area (Å²) in [6, 6.07) is 0.132. The third-order valence-electron chi connectivity index (χ3n) is 1.96. The maximum Gasteiger partial charge on any atom is 0.423 e. The third kappa shape index (κ3) is 2.53. The largest absolute Gasteiger partial charge is 0.423 e. The zero-order valence-electron chi connectivity index (χ0n) is 6.83. The fourth-order valence-corrected chi connectivity index (χ4v) is 1.67. The van der Waals surface area contributed by atoms with Crippen LogP contribution in [0.5, 0.6) is 0 Å². The highest BCUT2D eigenvalue weighted by molar-refractivity contribution is 6.18. The molecule has 1 aliphatic heterocycles. The number of halogens is 1. The van der Waals surface area contributed by atoms with E-state index in [-0.39, 0.29) is 6.04 Å². The zero-order valence-corrected chi connectivity index (χ0v) is 7.59. The van der Waals surface area contributed by atoms with Gasteiger partial charge in [-0.3, -0.25) is 0 Å². The molecule has 2 N–H and O–H groups in total. The van der Waals surface area contributed by atoms with E-state index in [1.807, 2.05) is 0 Å². The number of hydrogen-bond donors (Lipinski definition) is 1. The van der Waals surface area contributed by atoms with Crippen LogP contribution in [0.2, 0.25) is 0 Å². The molecular formula is C7H13ClN2O2. The quantitative estimate of drug-likeness (QED) is 0.667. The van der Waals surface area contributed by atoms with Crippen molar-refractivity contribution in [3.63, 3.8) is 0 Å². The molecule has 0 bridgehead atoms. The highest BCUT2D eigenvalue weighted by Gasteiger charge is 2.24. The lowest BCUT2D eigenvalue weighted by atomic mass is 10.1. The fourth-order valence-electron chi connectivity index (χ4n) is 1.36. The Morgan fingerprint density at radius 3 is 3.00 bits per heavy atom.